The van der Waals surface area contributed by atoms with E-state index in [4.69, 9.17) is 10.2 Å². The largest absolute Gasteiger partial charge is 0.394 e. The van der Waals surface area contributed by atoms with Gasteiger partial charge in [-0.05, 0) is 24.7 Å². The van der Waals surface area contributed by atoms with Crippen molar-refractivity contribution >= 4 is 11.8 Å². The molecule has 0 amide bonds. The molecule has 0 bridgehead atoms. The summed E-state index contributed by atoms with van der Waals surface area (Å²) >= 11 is 1.69. The molecule has 0 fully saturated rings. The lowest BCUT2D eigenvalue weighted by Gasteiger charge is -1.73. The second kappa shape index (κ2) is 16.4. The van der Waals surface area contributed by atoms with Crippen molar-refractivity contribution in [2.75, 3.05) is 13.2 Å². The van der Waals surface area contributed by atoms with E-state index in [0.717, 1.165) is 0 Å². The molecule has 0 aliphatic heterocycles. The van der Waals surface area contributed by atoms with E-state index < -0.39 is 0 Å². The third-order valence-corrected chi connectivity index (χ3v) is 1.39. The first-order valence-corrected chi connectivity index (χ1v) is 4.37. The topological polar surface area (TPSA) is 40.5 Å². The van der Waals surface area contributed by atoms with Crippen LogP contribution in [0.25, 0.3) is 0 Å². The number of aliphatic hydroxyl groups excluding tert-OH is 2. The van der Waals surface area contributed by atoms with Gasteiger partial charge in [0.1, 0.15) is 0 Å². The lowest BCUT2D eigenvalue weighted by Crippen LogP contribution is -1.85. The predicted molar refractivity (Wildman–Crippen MR) is 51.4 cm³/mol. The minimum Gasteiger partial charge on any atom is -0.394 e. The molecule has 3 heteroatoms. The monoisotopic (exact) mass is 176 g/mol. The molecular formula is C8H16O2S. The SMILES string of the molecule is C/C=C/S/C=C/C.OCCO. The summed E-state index contributed by atoms with van der Waals surface area (Å²) in [6.45, 7) is 3.77. The summed E-state index contributed by atoms with van der Waals surface area (Å²) < 4.78 is 0. The van der Waals surface area contributed by atoms with E-state index in [1.165, 1.54) is 0 Å². The van der Waals surface area contributed by atoms with Crippen molar-refractivity contribution < 1.29 is 10.2 Å². The first kappa shape index (κ1) is 13.3. The van der Waals surface area contributed by atoms with Gasteiger partial charge in [0.15, 0.2) is 0 Å². The van der Waals surface area contributed by atoms with E-state index in [-0.39, 0.29) is 13.2 Å². The van der Waals surface area contributed by atoms with Crippen molar-refractivity contribution in [1.82, 2.24) is 0 Å². The lowest BCUT2D eigenvalue weighted by molar-refractivity contribution is 0.186. The molecule has 0 atom stereocenters. The van der Waals surface area contributed by atoms with Gasteiger partial charge >= 0.3 is 0 Å². The minimum atomic E-state index is -0.125. The van der Waals surface area contributed by atoms with E-state index in [1.54, 1.807) is 11.8 Å². The van der Waals surface area contributed by atoms with Gasteiger partial charge in [0.25, 0.3) is 0 Å². The zero-order valence-corrected chi connectivity index (χ0v) is 7.84. The van der Waals surface area contributed by atoms with Crippen LogP contribution in [0.5, 0.6) is 0 Å². The van der Waals surface area contributed by atoms with Crippen LogP contribution in [0.4, 0.5) is 0 Å². The molecule has 0 spiro atoms. The highest BCUT2D eigenvalue weighted by molar-refractivity contribution is 8.04. The molecule has 0 aromatic carbocycles. The van der Waals surface area contributed by atoms with Gasteiger partial charge in [-0.2, -0.15) is 0 Å². The van der Waals surface area contributed by atoms with Gasteiger partial charge in [-0.1, -0.05) is 12.2 Å². The van der Waals surface area contributed by atoms with Crippen molar-refractivity contribution in [2.24, 2.45) is 0 Å². The maximum Gasteiger partial charge on any atom is 0.0662 e. The zero-order chi connectivity index (χ0) is 8.95. The molecule has 0 rings (SSSR count). The first-order chi connectivity index (χ1) is 5.33. The lowest BCUT2D eigenvalue weighted by atomic mass is 10.8. The Balaban J connectivity index is 0. The fraction of sp³-hybridized carbons (Fsp3) is 0.500. The summed E-state index contributed by atoms with van der Waals surface area (Å²) in [5.41, 5.74) is 0. The number of allylic oxidation sites excluding steroid dienone is 2. The number of hydrogen-bond acceptors (Lipinski definition) is 3. The summed E-state index contributed by atoms with van der Waals surface area (Å²) in [4.78, 5) is 0. The molecule has 0 saturated carbocycles. The molecule has 0 aliphatic carbocycles. The minimum absolute atomic E-state index is 0.125. The van der Waals surface area contributed by atoms with Crippen LogP contribution in [0.2, 0.25) is 0 Å². The highest BCUT2D eigenvalue weighted by Gasteiger charge is 1.61. The second-order valence-corrected chi connectivity index (χ2v) is 2.34. The molecule has 0 aromatic rings. The van der Waals surface area contributed by atoms with E-state index in [2.05, 4.69) is 0 Å². The molecule has 66 valence electrons. The third kappa shape index (κ3) is 26.0. The van der Waals surface area contributed by atoms with Crippen LogP contribution in [0.3, 0.4) is 0 Å². The van der Waals surface area contributed by atoms with E-state index in [9.17, 15) is 0 Å². The number of rotatable bonds is 3. The maximum absolute atomic E-state index is 7.62. The fourth-order valence-electron chi connectivity index (χ4n) is 0.202. The molecule has 0 aliphatic rings. The van der Waals surface area contributed by atoms with Gasteiger partial charge in [-0.25, -0.2) is 0 Å². The predicted octanol–water partition coefficient (Wildman–Crippen LogP) is 1.76. The van der Waals surface area contributed by atoms with E-state index in [1.807, 2.05) is 36.8 Å². The smallest absolute Gasteiger partial charge is 0.0662 e. The van der Waals surface area contributed by atoms with Crippen LogP contribution in [0, 0.1) is 0 Å². The van der Waals surface area contributed by atoms with E-state index in [0.29, 0.717) is 0 Å². The molecule has 0 heterocycles. The standard InChI is InChI=1S/C6H10S.C2H6O2/c1-3-5-7-6-4-2;3-1-2-4/h3-6H,1-2H3;3-4H,1-2H2/b5-3+,6-4+;. The van der Waals surface area contributed by atoms with E-state index >= 15 is 0 Å². The second-order valence-electron chi connectivity index (χ2n) is 1.52. The Morgan fingerprint density at radius 3 is 1.55 bits per heavy atom. The highest BCUT2D eigenvalue weighted by atomic mass is 32.2. The molecule has 11 heavy (non-hydrogen) atoms. The fourth-order valence-corrected chi connectivity index (χ4v) is 0.607. The molecule has 0 aromatic heterocycles. The molecular weight excluding hydrogens is 160 g/mol. The number of aliphatic hydroxyl groups is 2. The Labute approximate surface area is 72.6 Å². The van der Waals surface area contributed by atoms with Crippen LogP contribution in [-0.2, 0) is 0 Å². The molecule has 2 nitrogen and oxygen atoms in total. The number of hydrogen-bond donors (Lipinski definition) is 2. The summed E-state index contributed by atoms with van der Waals surface area (Å²) in [6, 6.07) is 0. The highest BCUT2D eigenvalue weighted by Crippen LogP contribution is 2.01. The number of thioether (sulfide) groups is 1. The van der Waals surface area contributed by atoms with Gasteiger partial charge in [0.05, 0.1) is 13.2 Å². The summed E-state index contributed by atoms with van der Waals surface area (Å²) in [5, 5.41) is 19.3. The molecule has 0 unspecified atom stereocenters. The van der Waals surface area contributed by atoms with Crippen molar-refractivity contribution in [3.8, 4) is 0 Å². The van der Waals surface area contributed by atoms with Gasteiger partial charge in [-0.15, -0.1) is 11.8 Å². The van der Waals surface area contributed by atoms with Crippen molar-refractivity contribution in [3.05, 3.63) is 23.0 Å². The van der Waals surface area contributed by atoms with Crippen molar-refractivity contribution in [1.29, 1.82) is 0 Å². The van der Waals surface area contributed by atoms with Gasteiger partial charge < -0.3 is 10.2 Å². The van der Waals surface area contributed by atoms with Gasteiger partial charge in [-0.3, -0.25) is 0 Å². The van der Waals surface area contributed by atoms with Crippen LogP contribution in [0.1, 0.15) is 13.8 Å². The van der Waals surface area contributed by atoms with Crippen LogP contribution >= 0.6 is 11.8 Å². The van der Waals surface area contributed by atoms with Crippen molar-refractivity contribution in [3.63, 3.8) is 0 Å². The van der Waals surface area contributed by atoms with Gasteiger partial charge in [0.2, 0.25) is 0 Å². The Morgan fingerprint density at radius 1 is 1.00 bits per heavy atom. The van der Waals surface area contributed by atoms with Crippen molar-refractivity contribution in [2.45, 2.75) is 13.8 Å². The third-order valence-electron chi connectivity index (χ3n) is 0.529. The average Bonchev–Trinajstić information content (AvgIpc) is 2.06. The Hall–Kier alpha value is -0.250. The molecule has 2 N–H and O–H groups in total. The Bertz CT molecular complexity index is 88.3. The summed E-state index contributed by atoms with van der Waals surface area (Å²) in [7, 11) is 0. The normalized spacial score (nSPS) is 10.2. The summed E-state index contributed by atoms with van der Waals surface area (Å²) in [6.07, 6.45) is 4.04. The molecule has 0 radical (unpaired) electrons. The quantitative estimate of drug-likeness (QED) is 0.688. The van der Waals surface area contributed by atoms with Crippen LogP contribution < -0.4 is 0 Å². The maximum atomic E-state index is 7.62. The van der Waals surface area contributed by atoms with Crippen LogP contribution in [0.15, 0.2) is 23.0 Å². The Kier molecular flexibility index (Phi) is 19.9. The summed E-state index contributed by atoms with van der Waals surface area (Å²) in [5.74, 6) is 0. The average molecular weight is 176 g/mol. The van der Waals surface area contributed by atoms with Crippen LogP contribution in [-0.4, -0.2) is 23.4 Å². The van der Waals surface area contributed by atoms with Gasteiger partial charge in [0, 0.05) is 0 Å². The molecule has 0 saturated heterocycles. The first-order valence-electron chi connectivity index (χ1n) is 3.43. The Morgan fingerprint density at radius 2 is 1.36 bits per heavy atom. The zero-order valence-electron chi connectivity index (χ0n) is 7.03.